The number of halogens is 2. The van der Waals surface area contributed by atoms with Gasteiger partial charge in [0.15, 0.2) is 11.5 Å². The van der Waals surface area contributed by atoms with E-state index in [1.165, 1.54) is 18.2 Å². The van der Waals surface area contributed by atoms with Gasteiger partial charge in [-0.15, -0.1) is 0 Å². The number of nitrogens with one attached hydrogen (secondary N) is 2. The van der Waals surface area contributed by atoms with Crippen molar-refractivity contribution >= 4 is 23.2 Å². The number of hydrogen-bond acceptors (Lipinski definition) is 4. The van der Waals surface area contributed by atoms with Crippen LogP contribution < -0.4 is 20.1 Å². The molecule has 0 bridgehead atoms. The maximum Gasteiger partial charge on any atom is 0.238 e. The van der Waals surface area contributed by atoms with Crippen LogP contribution in [0.3, 0.4) is 0 Å². The van der Waals surface area contributed by atoms with Crippen LogP contribution in [-0.2, 0) is 11.3 Å². The number of carbonyl (C=O) groups excluding carboxylic acids is 1. The van der Waals surface area contributed by atoms with Crippen LogP contribution >= 0.6 is 11.6 Å². The van der Waals surface area contributed by atoms with Gasteiger partial charge in [0.1, 0.15) is 5.82 Å². The van der Waals surface area contributed by atoms with Crippen LogP contribution in [0.2, 0.25) is 5.02 Å². The zero-order chi connectivity index (χ0) is 16.2. The normalized spacial score (nSPS) is 12.3. The fourth-order valence-electron chi connectivity index (χ4n) is 2.15. The van der Waals surface area contributed by atoms with E-state index in [-0.39, 0.29) is 24.3 Å². The van der Waals surface area contributed by atoms with Crippen molar-refractivity contribution in [1.29, 1.82) is 0 Å². The maximum atomic E-state index is 13.0. The zero-order valence-electron chi connectivity index (χ0n) is 12.1. The van der Waals surface area contributed by atoms with Gasteiger partial charge in [-0.1, -0.05) is 17.7 Å². The molecule has 2 aromatic carbocycles. The molecule has 2 N–H and O–H groups in total. The number of ether oxygens (including phenoxy) is 2. The molecule has 5 nitrogen and oxygen atoms in total. The predicted molar refractivity (Wildman–Crippen MR) is 84.3 cm³/mol. The third-order valence-corrected chi connectivity index (χ3v) is 3.54. The Labute approximate surface area is 137 Å². The molecule has 1 heterocycles. The number of hydrogen-bond donors (Lipinski definition) is 2. The van der Waals surface area contributed by atoms with Gasteiger partial charge in [0.05, 0.1) is 11.6 Å². The highest BCUT2D eigenvalue weighted by Gasteiger charge is 2.13. The van der Waals surface area contributed by atoms with Gasteiger partial charge in [-0.25, -0.2) is 4.39 Å². The van der Waals surface area contributed by atoms with E-state index in [0.717, 1.165) is 11.3 Å². The Morgan fingerprint density at radius 2 is 2.00 bits per heavy atom. The molecule has 0 aliphatic carbocycles. The summed E-state index contributed by atoms with van der Waals surface area (Å²) >= 11 is 5.66. The molecule has 1 aliphatic rings. The van der Waals surface area contributed by atoms with E-state index in [2.05, 4.69) is 10.6 Å². The number of anilines is 1. The molecule has 0 saturated carbocycles. The van der Waals surface area contributed by atoms with Gasteiger partial charge in [-0.2, -0.15) is 0 Å². The van der Waals surface area contributed by atoms with Crippen molar-refractivity contribution in [3.05, 3.63) is 52.8 Å². The van der Waals surface area contributed by atoms with Crippen LogP contribution in [-0.4, -0.2) is 19.2 Å². The number of fused-ring (bicyclic) bond motifs is 1. The van der Waals surface area contributed by atoms with Crippen molar-refractivity contribution in [2.24, 2.45) is 0 Å². The molecule has 0 fully saturated rings. The Hall–Kier alpha value is -2.31. The van der Waals surface area contributed by atoms with Crippen LogP contribution in [0.5, 0.6) is 11.5 Å². The summed E-state index contributed by atoms with van der Waals surface area (Å²) in [4.78, 5) is 11.8. The second-order valence-corrected chi connectivity index (χ2v) is 5.38. The lowest BCUT2D eigenvalue weighted by molar-refractivity contribution is -0.115. The summed E-state index contributed by atoms with van der Waals surface area (Å²) in [6.45, 7) is 0.854. The van der Waals surface area contributed by atoms with Crippen LogP contribution in [0.4, 0.5) is 10.1 Å². The summed E-state index contributed by atoms with van der Waals surface area (Å²) in [6, 6.07) is 9.63. The highest BCUT2D eigenvalue weighted by Crippen LogP contribution is 2.32. The first kappa shape index (κ1) is 15.6. The summed E-state index contributed by atoms with van der Waals surface area (Å²) in [5.74, 6) is 0.661. The van der Waals surface area contributed by atoms with E-state index in [1.807, 2.05) is 18.2 Å². The van der Waals surface area contributed by atoms with Crippen LogP contribution in [0.25, 0.3) is 0 Å². The van der Waals surface area contributed by atoms with Crippen molar-refractivity contribution in [3.8, 4) is 11.5 Å². The summed E-state index contributed by atoms with van der Waals surface area (Å²) in [5.41, 5.74) is 1.43. The van der Waals surface area contributed by atoms with Crippen molar-refractivity contribution < 1.29 is 18.7 Å². The molecule has 7 heteroatoms. The Bertz CT molecular complexity index is 739. The molecule has 0 unspecified atom stereocenters. The predicted octanol–water partition coefficient (Wildman–Crippen LogP) is 2.94. The van der Waals surface area contributed by atoms with Crippen LogP contribution in [0.1, 0.15) is 5.56 Å². The van der Waals surface area contributed by atoms with Crippen molar-refractivity contribution in [1.82, 2.24) is 5.32 Å². The lowest BCUT2D eigenvalue weighted by Crippen LogP contribution is -2.27. The molecule has 1 aliphatic heterocycles. The topological polar surface area (TPSA) is 59.6 Å². The molecular weight excluding hydrogens is 323 g/mol. The Morgan fingerprint density at radius 1 is 1.17 bits per heavy atom. The maximum absolute atomic E-state index is 13.0. The fourth-order valence-corrected chi connectivity index (χ4v) is 2.33. The minimum absolute atomic E-state index is 0.0314. The highest BCUT2D eigenvalue weighted by atomic mass is 35.5. The first-order chi connectivity index (χ1) is 11.1. The molecule has 120 valence electrons. The number of amides is 1. The van der Waals surface area contributed by atoms with Gasteiger partial charge in [0.2, 0.25) is 12.7 Å². The average molecular weight is 337 g/mol. The summed E-state index contributed by atoms with van der Waals surface area (Å²) in [5, 5.41) is 5.63. The Morgan fingerprint density at radius 3 is 2.83 bits per heavy atom. The monoisotopic (exact) mass is 336 g/mol. The second-order valence-electron chi connectivity index (χ2n) is 4.97. The first-order valence-electron chi connectivity index (χ1n) is 6.96. The highest BCUT2D eigenvalue weighted by molar-refractivity contribution is 6.31. The molecule has 3 rings (SSSR count). The molecule has 2 aromatic rings. The van der Waals surface area contributed by atoms with Gasteiger partial charge in [0, 0.05) is 12.2 Å². The number of benzene rings is 2. The molecule has 0 atom stereocenters. The van der Waals surface area contributed by atoms with Crippen molar-refractivity contribution in [2.75, 3.05) is 18.7 Å². The van der Waals surface area contributed by atoms with Crippen molar-refractivity contribution in [3.63, 3.8) is 0 Å². The van der Waals surface area contributed by atoms with Gasteiger partial charge in [0.25, 0.3) is 0 Å². The van der Waals surface area contributed by atoms with E-state index in [1.54, 1.807) is 0 Å². The zero-order valence-corrected chi connectivity index (χ0v) is 12.8. The number of carbonyl (C=O) groups is 1. The Kier molecular flexibility index (Phi) is 4.64. The van der Waals surface area contributed by atoms with E-state index in [4.69, 9.17) is 21.1 Å². The second kappa shape index (κ2) is 6.85. The first-order valence-corrected chi connectivity index (χ1v) is 7.34. The lowest BCUT2D eigenvalue weighted by atomic mass is 10.2. The van der Waals surface area contributed by atoms with Crippen LogP contribution in [0, 0.1) is 5.82 Å². The molecule has 1 amide bonds. The molecule has 0 aromatic heterocycles. The SMILES string of the molecule is O=C(CNCc1ccc2c(c1)OCO2)Nc1ccc(F)c(Cl)c1. The van der Waals surface area contributed by atoms with Gasteiger partial charge >= 0.3 is 0 Å². The standard InChI is InChI=1S/C16H14ClFN2O3/c17-12-6-11(2-3-13(12)18)20-16(21)8-19-7-10-1-4-14-15(5-10)23-9-22-14/h1-6,19H,7-9H2,(H,20,21). The summed E-state index contributed by atoms with van der Waals surface area (Å²) in [6.07, 6.45) is 0. The quantitative estimate of drug-likeness (QED) is 0.881. The van der Waals surface area contributed by atoms with Gasteiger partial charge in [-0.05, 0) is 35.9 Å². The smallest absolute Gasteiger partial charge is 0.238 e. The van der Waals surface area contributed by atoms with E-state index >= 15 is 0 Å². The third-order valence-electron chi connectivity index (χ3n) is 3.26. The minimum Gasteiger partial charge on any atom is -0.454 e. The molecule has 0 radical (unpaired) electrons. The molecule has 0 saturated heterocycles. The van der Waals surface area contributed by atoms with Gasteiger partial charge in [-0.3, -0.25) is 4.79 Å². The summed E-state index contributed by atoms with van der Waals surface area (Å²) < 4.78 is 23.6. The van der Waals surface area contributed by atoms with Gasteiger partial charge < -0.3 is 20.1 Å². The van der Waals surface area contributed by atoms with Crippen LogP contribution in [0.15, 0.2) is 36.4 Å². The summed E-state index contributed by atoms with van der Waals surface area (Å²) in [7, 11) is 0. The molecular formula is C16H14ClFN2O3. The fraction of sp³-hybridized carbons (Fsp3) is 0.188. The molecule has 0 spiro atoms. The van der Waals surface area contributed by atoms with E-state index < -0.39 is 5.82 Å². The van der Waals surface area contributed by atoms with Crippen molar-refractivity contribution in [2.45, 2.75) is 6.54 Å². The Balaban J connectivity index is 1.48. The average Bonchev–Trinajstić information content (AvgIpc) is 2.98. The third kappa shape index (κ3) is 3.91. The van der Waals surface area contributed by atoms with E-state index in [9.17, 15) is 9.18 Å². The number of rotatable bonds is 5. The lowest BCUT2D eigenvalue weighted by Gasteiger charge is -2.08. The largest absolute Gasteiger partial charge is 0.454 e. The van der Waals surface area contributed by atoms with E-state index in [0.29, 0.717) is 18.0 Å². The molecule has 23 heavy (non-hydrogen) atoms. The minimum atomic E-state index is -0.523.